The molecule has 2 nitrogen and oxygen atoms in total. The average Bonchev–Trinajstić information content (AvgIpc) is 2.37. The van der Waals surface area contributed by atoms with Gasteiger partial charge in [0.05, 0.1) is 0 Å². The molecule has 1 unspecified atom stereocenters. The summed E-state index contributed by atoms with van der Waals surface area (Å²) < 4.78 is 1.21. The maximum absolute atomic E-state index is 3.85. The number of fused-ring (bicyclic) bond motifs is 1. The second-order valence-corrected chi connectivity index (χ2v) is 7.62. The first kappa shape index (κ1) is 14.6. The Kier molecular flexibility index (Phi) is 4.21. The minimum atomic E-state index is 0.431. The number of halogens is 1. The Hall–Kier alpha value is -0.380. The van der Waals surface area contributed by atoms with Crippen LogP contribution in [0, 0.1) is 0 Å². The molecule has 110 valence electrons. The minimum Gasteiger partial charge on any atom is -0.312 e. The first-order valence-corrected chi connectivity index (χ1v) is 8.56. The molecule has 20 heavy (non-hydrogen) atoms. The van der Waals surface area contributed by atoms with Gasteiger partial charge in [0.2, 0.25) is 0 Å². The summed E-state index contributed by atoms with van der Waals surface area (Å²) in [4.78, 5) is 2.43. The normalized spacial score (nSPS) is 24.3. The minimum absolute atomic E-state index is 0.431. The van der Waals surface area contributed by atoms with Crippen LogP contribution in [0.3, 0.4) is 0 Å². The molecule has 1 fully saturated rings. The second kappa shape index (κ2) is 5.78. The maximum Gasteiger partial charge on any atom is 0.0328 e. The highest BCUT2D eigenvalue weighted by Gasteiger charge is 2.39. The van der Waals surface area contributed by atoms with E-state index in [1.165, 1.54) is 54.1 Å². The van der Waals surface area contributed by atoms with Gasteiger partial charge in [0, 0.05) is 22.6 Å². The molecule has 3 rings (SSSR count). The summed E-state index contributed by atoms with van der Waals surface area (Å²) in [5.41, 5.74) is 3.49. The van der Waals surface area contributed by atoms with Gasteiger partial charge in [0.1, 0.15) is 0 Å². The average molecular weight is 337 g/mol. The second-order valence-electron chi connectivity index (χ2n) is 6.71. The highest BCUT2D eigenvalue weighted by atomic mass is 79.9. The van der Waals surface area contributed by atoms with E-state index < -0.39 is 0 Å². The molecule has 0 heterocycles. The monoisotopic (exact) mass is 336 g/mol. The van der Waals surface area contributed by atoms with Crippen LogP contribution in [0.2, 0.25) is 0 Å². The van der Waals surface area contributed by atoms with Crippen molar-refractivity contribution in [2.24, 2.45) is 0 Å². The summed E-state index contributed by atoms with van der Waals surface area (Å²) in [6, 6.07) is 7.41. The number of benzene rings is 1. The number of aryl methyl sites for hydroxylation is 1. The van der Waals surface area contributed by atoms with E-state index in [0.717, 1.165) is 6.54 Å². The summed E-state index contributed by atoms with van der Waals surface area (Å²) in [6.45, 7) is 1.15. The van der Waals surface area contributed by atoms with Crippen molar-refractivity contribution in [1.82, 2.24) is 10.2 Å². The third kappa shape index (κ3) is 2.81. The van der Waals surface area contributed by atoms with Crippen LogP contribution in [0.5, 0.6) is 0 Å². The molecule has 0 bridgehead atoms. The number of nitrogens with one attached hydrogen (secondary N) is 1. The third-order valence-corrected chi connectivity index (χ3v) is 5.84. The Bertz CT molecular complexity index is 480. The number of hydrogen-bond acceptors (Lipinski definition) is 2. The van der Waals surface area contributed by atoms with Crippen LogP contribution in [-0.4, -0.2) is 37.1 Å². The van der Waals surface area contributed by atoms with E-state index in [1.54, 1.807) is 0 Å². The Labute approximate surface area is 131 Å². The van der Waals surface area contributed by atoms with Gasteiger partial charge in [-0.05, 0) is 75.9 Å². The van der Waals surface area contributed by atoms with Crippen molar-refractivity contribution in [1.29, 1.82) is 0 Å². The van der Waals surface area contributed by atoms with E-state index in [2.05, 4.69) is 58.4 Å². The molecule has 3 heteroatoms. The van der Waals surface area contributed by atoms with Crippen molar-refractivity contribution in [2.75, 3.05) is 20.6 Å². The number of hydrogen-bond donors (Lipinski definition) is 1. The van der Waals surface area contributed by atoms with E-state index >= 15 is 0 Å². The topological polar surface area (TPSA) is 15.3 Å². The maximum atomic E-state index is 3.85. The predicted molar refractivity (Wildman–Crippen MR) is 88.2 cm³/mol. The zero-order chi connectivity index (χ0) is 14.2. The van der Waals surface area contributed by atoms with Gasteiger partial charge in [-0.2, -0.15) is 0 Å². The first-order valence-electron chi connectivity index (χ1n) is 7.77. The van der Waals surface area contributed by atoms with Crippen LogP contribution >= 0.6 is 15.9 Å². The van der Waals surface area contributed by atoms with E-state index in [4.69, 9.17) is 0 Å². The molecule has 1 N–H and O–H groups in total. The summed E-state index contributed by atoms with van der Waals surface area (Å²) in [6.07, 6.45) is 7.76. The summed E-state index contributed by atoms with van der Waals surface area (Å²) in [7, 11) is 4.46. The van der Waals surface area contributed by atoms with Gasteiger partial charge < -0.3 is 10.2 Å². The molecule has 0 spiro atoms. The molecule has 0 aromatic heterocycles. The molecule has 0 aliphatic heterocycles. The lowest BCUT2D eigenvalue weighted by Crippen LogP contribution is -2.58. The smallest absolute Gasteiger partial charge is 0.0328 e. The van der Waals surface area contributed by atoms with Crippen molar-refractivity contribution < 1.29 is 0 Å². The fraction of sp³-hybridized carbons (Fsp3) is 0.647. The molecule has 1 aromatic carbocycles. The molecule has 0 amide bonds. The Morgan fingerprint density at radius 1 is 1.30 bits per heavy atom. The molecular formula is C17H25BrN2. The van der Waals surface area contributed by atoms with Crippen molar-refractivity contribution in [3.63, 3.8) is 0 Å². The molecular weight excluding hydrogens is 312 g/mol. The molecule has 1 saturated carbocycles. The van der Waals surface area contributed by atoms with Crippen LogP contribution in [0.15, 0.2) is 22.7 Å². The zero-order valence-electron chi connectivity index (χ0n) is 12.6. The molecule has 0 radical (unpaired) electrons. The van der Waals surface area contributed by atoms with Gasteiger partial charge in [-0.15, -0.1) is 0 Å². The number of nitrogens with zero attached hydrogens (tertiary/aromatic N) is 1. The SMILES string of the molecule is CN(C)C1(CNC2CCc3cc(Br)ccc3C2)CCC1. The van der Waals surface area contributed by atoms with Crippen LogP contribution in [0.4, 0.5) is 0 Å². The first-order chi connectivity index (χ1) is 9.59. The van der Waals surface area contributed by atoms with Gasteiger partial charge >= 0.3 is 0 Å². The van der Waals surface area contributed by atoms with Crippen LogP contribution in [0.1, 0.15) is 36.8 Å². The summed E-state index contributed by atoms with van der Waals surface area (Å²) >= 11 is 3.57. The van der Waals surface area contributed by atoms with Crippen molar-refractivity contribution in [3.05, 3.63) is 33.8 Å². The largest absolute Gasteiger partial charge is 0.312 e. The van der Waals surface area contributed by atoms with E-state index in [9.17, 15) is 0 Å². The van der Waals surface area contributed by atoms with E-state index in [1.807, 2.05) is 0 Å². The Morgan fingerprint density at radius 2 is 2.10 bits per heavy atom. The number of rotatable bonds is 4. The van der Waals surface area contributed by atoms with Crippen molar-refractivity contribution in [3.8, 4) is 0 Å². The lowest BCUT2D eigenvalue weighted by molar-refractivity contribution is 0.0565. The van der Waals surface area contributed by atoms with Gasteiger partial charge in [-0.25, -0.2) is 0 Å². The highest BCUT2D eigenvalue weighted by Crippen LogP contribution is 2.36. The molecule has 1 atom stereocenters. The summed E-state index contributed by atoms with van der Waals surface area (Å²) in [5.74, 6) is 0. The highest BCUT2D eigenvalue weighted by molar-refractivity contribution is 9.10. The zero-order valence-corrected chi connectivity index (χ0v) is 14.2. The van der Waals surface area contributed by atoms with Gasteiger partial charge in [-0.3, -0.25) is 0 Å². The molecule has 2 aliphatic rings. The molecule has 0 saturated heterocycles. The lowest BCUT2D eigenvalue weighted by Gasteiger charge is -2.48. The Morgan fingerprint density at radius 3 is 2.75 bits per heavy atom. The number of likely N-dealkylation sites (N-methyl/N-ethyl adjacent to an activating group) is 1. The van der Waals surface area contributed by atoms with Crippen LogP contribution < -0.4 is 5.32 Å². The van der Waals surface area contributed by atoms with Crippen LogP contribution in [-0.2, 0) is 12.8 Å². The predicted octanol–water partition coefficient (Wildman–Crippen LogP) is 3.38. The van der Waals surface area contributed by atoms with Crippen molar-refractivity contribution in [2.45, 2.75) is 50.1 Å². The fourth-order valence-electron chi connectivity index (χ4n) is 3.60. The standard InChI is InChI=1S/C17H25BrN2/c1-20(2)17(8-3-9-17)12-19-16-7-5-13-10-15(18)6-4-14(13)11-16/h4,6,10,16,19H,3,5,7-9,11-12H2,1-2H3. The lowest BCUT2D eigenvalue weighted by atomic mass is 9.75. The van der Waals surface area contributed by atoms with E-state index in [0.29, 0.717) is 11.6 Å². The van der Waals surface area contributed by atoms with E-state index in [-0.39, 0.29) is 0 Å². The van der Waals surface area contributed by atoms with Crippen LogP contribution in [0.25, 0.3) is 0 Å². The quantitative estimate of drug-likeness (QED) is 0.906. The fourth-order valence-corrected chi connectivity index (χ4v) is 4.01. The summed E-state index contributed by atoms with van der Waals surface area (Å²) in [5, 5.41) is 3.85. The third-order valence-electron chi connectivity index (χ3n) is 5.35. The van der Waals surface area contributed by atoms with Gasteiger partial charge in [0.25, 0.3) is 0 Å². The van der Waals surface area contributed by atoms with Gasteiger partial charge in [-0.1, -0.05) is 22.0 Å². The molecule has 1 aromatic rings. The van der Waals surface area contributed by atoms with Gasteiger partial charge in [0.15, 0.2) is 0 Å². The van der Waals surface area contributed by atoms with Crippen molar-refractivity contribution >= 4 is 15.9 Å². The Balaban J connectivity index is 1.59. The molecule has 2 aliphatic carbocycles.